The Kier molecular flexibility index (Phi) is 12.4. The fraction of sp³-hybridized carbons (Fsp3) is 0.618. The molecule has 1 atom stereocenters. The first-order valence-corrected chi connectivity index (χ1v) is 14.8. The normalized spacial score (nSPS) is 18.8. The molecule has 1 fully saturated rings. The van der Waals surface area contributed by atoms with Crippen LogP contribution in [-0.4, -0.2) is 0 Å². The average Bonchev–Trinajstić information content (AvgIpc) is 2.91. The largest absolute Gasteiger partial charge is 0.198 e. The third-order valence-electron chi connectivity index (χ3n) is 8.36. The third kappa shape index (κ3) is 9.14. The summed E-state index contributed by atoms with van der Waals surface area (Å²) >= 11 is 0. The number of hydrogen-bond acceptors (Lipinski definition) is 1. The third-order valence-corrected chi connectivity index (χ3v) is 8.36. The van der Waals surface area contributed by atoms with Crippen LogP contribution < -0.4 is 0 Å². The van der Waals surface area contributed by atoms with Crippen LogP contribution in [0, 0.1) is 23.2 Å². The molecular formula is C34H49N. The minimum Gasteiger partial charge on any atom is -0.198 e. The van der Waals surface area contributed by atoms with Crippen molar-refractivity contribution in [3.63, 3.8) is 0 Å². The van der Waals surface area contributed by atoms with Crippen LogP contribution >= 0.6 is 0 Å². The van der Waals surface area contributed by atoms with Gasteiger partial charge in [0.2, 0.25) is 0 Å². The number of aryl methyl sites for hydroxylation is 1. The second kappa shape index (κ2) is 15.8. The Balaban J connectivity index is 1.44. The van der Waals surface area contributed by atoms with E-state index in [1.807, 2.05) is 0 Å². The summed E-state index contributed by atoms with van der Waals surface area (Å²) in [7, 11) is 0. The lowest BCUT2D eigenvalue weighted by molar-refractivity contribution is 0.256. The molecular weight excluding hydrogens is 422 g/mol. The van der Waals surface area contributed by atoms with Gasteiger partial charge >= 0.3 is 0 Å². The van der Waals surface area contributed by atoms with E-state index in [4.69, 9.17) is 0 Å². The molecule has 0 spiro atoms. The molecule has 0 N–H and O–H groups in total. The highest BCUT2D eigenvalue weighted by molar-refractivity contribution is 5.64. The smallest absolute Gasteiger partial charge is 0.0658 e. The standard InChI is InChI=1S/C34H49N/c1-3-5-7-9-10-11-13-28-15-17-29(18-16-28)30-19-21-31(22-20-30)32-23-25-33(26-24-32)34(27-35)14-12-8-6-4-2/h15-22,32-34H,3-14,23-26H2,1-2H3/t32-,33-,34?. The van der Waals surface area contributed by atoms with Gasteiger partial charge in [-0.1, -0.05) is 120 Å². The number of benzene rings is 2. The van der Waals surface area contributed by atoms with E-state index in [2.05, 4.69) is 68.4 Å². The SMILES string of the molecule is CCCCCCCCc1ccc(-c2ccc([C@H]3CC[C@H](C(C#N)CCCCCC)CC3)cc2)cc1. The lowest BCUT2D eigenvalue weighted by Crippen LogP contribution is -2.20. The van der Waals surface area contributed by atoms with E-state index in [9.17, 15) is 5.26 Å². The summed E-state index contributed by atoms with van der Waals surface area (Å²) in [6.07, 6.45) is 20.5. The van der Waals surface area contributed by atoms with Gasteiger partial charge in [-0.25, -0.2) is 0 Å². The maximum absolute atomic E-state index is 9.71. The molecule has 190 valence electrons. The molecule has 0 bridgehead atoms. The number of hydrogen-bond donors (Lipinski definition) is 0. The number of nitriles is 1. The van der Waals surface area contributed by atoms with Crippen molar-refractivity contribution in [2.24, 2.45) is 11.8 Å². The Hall–Kier alpha value is -2.07. The Morgan fingerprint density at radius 1 is 0.686 bits per heavy atom. The van der Waals surface area contributed by atoms with Crippen molar-refractivity contribution >= 4 is 0 Å². The van der Waals surface area contributed by atoms with Gasteiger partial charge in [0.15, 0.2) is 0 Å². The number of rotatable bonds is 15. The van der Waals surface area contributed by atoms with Gasteiger partial charge in [-0.05, 0) is 79.0 Å². The fourth-order valence-corrected chi connectivity index (χ4v) is 5.97. The summed E-state index contributed by atoms with van der Waals surface area (Å²) in [5, 5.41) is 9.71. The van der Waals surface area contributed by atoms with Gasteiger partial charge in [-0.15, -0.1) is 0 Å². The van der Waals surface area contributed by atoms with Crippen LogP contribution in [0.2, 0.25) is 0 Å². The van der Waals surface area contributed by atoms with Gasteiger partial charge in [0.05, 0.1) is 6.07 Å². The molecule has 0 heterocycles. The molecule has 1 aliphatic rings. The summed E-state index contributed by atoms with van der Waals surface area (Å²) in [6, 6.07) is 21.3. The zero-order valence-electron chi connectivity index (χ0n) is 22.6. The van der Waals surface area contributed by atoms with Gasteiger partial charge in [-0.2, -0.15) is 5.26 Å². The summed E-state index contributed by atoms with van der Waals surface area (Å²) in [6.45, 7) is 4.53. The van der Waals surface area contributed by atoms with E-state index >= 15 is 0 Å². The van der Waals surface area contributed by atoms with Crippen LogP contribution in [0.3, 0.4) is 0 Å². The van der Waals surface area contributed by atoms with Crippen molar-refractivity contribution in [1.29, 1.82) is 5.26 Å². The molecule has 0 radical (unpaired) electrons. The van der Waals surface area contributed by atoms with Crippen molar-refractivity contribution in [3.8, 4) is 17.2 Å². The molecule has 1 nitrogen and oxygen atoms in total. The van der Waals surface area contributed by atoms with Crippen LogP contribution in [-0.2, 0) is 6.42 Å². The van der Waals surface area contributed by atoms with Crippen molar-refractivity contribution < 1.29 is 0 Å². The first-order chi connectivity index (χ1) is 17.2. The maximum atomic E-state index is 9.71. The van der Waals surface area contributed by atoms with E-state index < -0.39 is 0 Å². The number of unbranched alkanes of at least 4 members (excludes halogenated alkanes) is 8. The molecule has 1 unspecified atom stereocenters. The molecule has 1 aliphatic carbocycles. The Bertz CT molecular complexity index is 849. The van der Waals surface area contributed by atoms with Crippen molar-refractivity contribution in [2.75, 3.05) is 0 Å². The van der Waals surface area contributed by atoms with Crippen molar-refractivity contribution in [3.05, 3.63) is 59.7 Å². The summed E-state index contributed by atoms with van der Waals surface area (Å²) in [5.41, 5.74) is 5.61. The molecule has 35 heavy (non-hydrogen) atoms. The van der Waals surface area contributed by atoms with Crippen molar-refractivity contribution in [1.82, 2.24) is 0 Å². The predicted molar refractivity (Wildman–Crippen MR) is 152 cm³/mol. The highest BCUT2D eigenvalue weighted by Gasteiger charge is 2.28. The van der Waals surface area contributed by atoms with Crippen molar-refractivity contribution in [2.45, 2.75) is 122 Å². The lowest BCUT2D eigenvalue weighted by atomic mass is 9.73. The minimum atomic E-state index is 0.277. The molecule has 2 aromatic carbocycles. The van der Waals surface area contributed by atoms with E-state index in [1.54, 1.807) is 0 Å². The van der Waals surface area contributed by atoms with Gasteiger partial charge < -0.3 is 0 Å². The van der Waals surface area contributed by atoms with E-state index in [-0.39, 0.29) is 5.92 Å². The quantitative estimate of drug-likeness (QED) is 0.237. The van der Waals surface area contributed by atoms with Crippen LogP contribution in [0.5, 0.6) is 0 Å². The predicted octanol–water partition coefficient (Wildman–Crippen LogP) is 10.6. The minimum absolute atomic E-state index is 0.277. The molecule has 0 amide bonds. The lowest BCUT2D eigenvalue weighted by Gasteiger charge is -2.31. The van der Waals surface area contributed by atoms with E-state index in [0.29, 0.717) is 11.8 Å². The molecule has 1 heteroatoms. The zero-order chi connectivity index (χ0) is 24.7. The van der Waals surface area contributed by atoms with E-state index in [0.717, 1.165) is 6.42 Å². The topological polar surface area (TPSA) is 23.8 Å². The van der Waals surface area contributed by atoms with Crippen LogP contribution in [0.15, 0.2) is 48.5 Å². The summed E-state index contributed by atoms with van der Waals surface area (Å²) in [4.78, 5) is 0. The van der Waals surface area contributed by atoms with Gasteiger partial charge in [0, 0.05) is 5.92 Å². The molecule has 0 aromatic heterocycles. The molecule has 0 saturated heterocycles. The molecule has 3 rings (SSSR count). The zero-order valence-corrected chi connectivity index (χ0v) is 22.6. The highest BCUT2D eigenvalue weighted by Crippen LogP contribution is 2.40. The molecule has 1 saturated carbocycles. The average molecular weight is 472 g/mol. The summed E-state index contributed by atoms with van der Waals surface area (Å²) in [5.74, 6) is 1.56. The molecule has 2 aromatic rings. The maximum Gasteiger partial charge on any atom is 0.0658 e. The first-order valence-electron chi connectivity index (χ1n) is 14.8. The molecule has 0 aliphatic heterocycles. The highest BCUT2D eigenvalue weighted by atomic mass is 14.4. The van der Waals surface area contributed by atoms with Gasteiger partial charge in [0.1, 0.15) is 0 Å². The monoisotopic (exact) mass is 471 g/mol. The summed E-state index contributed by atoms with van der Waals surface area (Å²) < 4.78 is 0. The van der Waals surface area contributed by atoms with Crippen LogP contribution in [0.1, 0.15) is 127 Å². The fourth-order valence-electron chi connectivity index (χ4n) is 5.97. The Morgan fingerprint density at radius 3 is 1.83 bits per heavy atom. The second-order valence-corrected chi connectivity index (χ2v) is 11.0. The van der Waals surface area contributed by atoms with Crippen LogP contribution in [0.4, 0.5) is 0 Å². The van der Waals surface area contributed by atoms with Gasteiger partial charge in [-0.3, -0.25) is 0 Å². The van der Waals surface area contributed by atoms with E-state index in [1.165, 1.54) is 119 Å². The van der Waals surface area contributed by atoms with Gasteiger partial charge in [0.25, 0.3) is 0 Å². The Labute approximate surface area is 216 Å². The Morgan fingerprint density at radius 2 is 1.23 bits per heavy atom. The number of nitrogens with zero attached hydrogens (tertiary/aromatic N) is 1. The second-order valence-electron chi connectivity index (χ2n) is 11.0. The first kappa shape index (κ1) is 27.5. The van der Waals surface area contributed by atoms with Crippen LogP contribution in [0.25, 0.3) is 11.1 Å².